The zero-order valence-electron chi connectivity index (χ0n) is 18.7. The number of nitrogens with one attached hydrogen (secondary N) is 2. The SMILES string of the molecule is CCNC(=NCc1ccccc1CN(C)C(C)C)NCCCOCC1CCOC1. The summed E-state index contributed by atoms with van der Waals surface area (Å²) in [5, 5.41) is 6.76. The van der Waals surface area contributed by atoms with Gasteiger partial charge in [0.1, 0.15) is 0 Å². The van der Waals surface area contributed by atoms with Crippen LogP contribution in [0.4, 0.5) is 0 Å². The van der Waals surface area contributed by atoms with Crippen LogP contribution >= 0.6 is 0 Å². The zero-order chi connectivity index (χ0) is 20.9. The van der Waals surface area contributed by atoms with Crippen molar-refractivity contribution in [3.63, 3.8) is 0 Å². The maximum absolute atomic E-state index is 5.78. The van der Waals surface area contributed by atoms with E-state index in [9.17, 15) is 0 Å². The van der Waals surface area contributed by atoms with Crippen molar-refractivity contribution in [3.05, 3.63) is 35.4 Å². The molecular weight excluding hydrogens is 364 g/mol. The van der Waals surface area contributed by atoms with E-state index in [0.29, 0.717) is 18.5 Å². The molecule has 0 bridgehead atoms. The molecule has 164 valence electrons. The standard InChI is InChI=1S/C23H40N4O2/c1-5-24-23(25-12-8-13-28-17-20-11-14-29-18-20)26-15-21-9-6-7-10-22(21)16-27(4)19(2)3/h6-7,9-10,19-20H,5,8,11-18H2,1-4H3,(H2,24,25,26). The molecule has 1 fully saturated rings. The number of rotatable bonds is 12. The Morgan fingerprint density at radius 1 is 1.28 bits per heavy atom. The van der Waals surface area contributed by atoms with Gasteiger partial charge >= 0.3 is 0 Å². The van der Waals surface area contributed by atoms with E-state index < -0.39 is 0 Å². The second-order valence-electron chi connectivity index (χ2n) is 8.06. The topological polar surface area (TPSA) is 58.1 Å². The second kappa shape index (κ2) is 13.6. The van der Waals surface area contributed by atoms with Gasteiger partial charge in [-0.15, -0.1) is 0 Å². The molecule has 1 atom stereocenters. The number of guanidine groups is 1. The average molecular weight is 405 g/mol. The normalized spacial score (nSPS) is 17.3. The molecule has 1 aromatic carbocycles. The predicted octanol–water partition coefficient (Wildman–Crippen LogP) is 3.03. The minimum Gasteiger partial charge on any atom is -0.381 e. The summed E-state index contributed by atoms with van der Waals surface area (Å²) in [5.41, 5.74) is 2.62. The Labute approximate surface area is 177 Å². The summed E-state index contributed by atoms with van der Waals surface area (Å²) in [5.74, 6) is 1.44. The second-order valence-corrected chi connectivity index (χ2v) is 8.06. The summed E-state index contributed by atoms with van der Waals surface area (Å²) in [6, 6.07) is 9.11. The number of ether oxygens (including phenoxy) is 2. The third-order valence-corrected chi connectivity index (χ3v) is 5.31. The van der Waals surface area contributed by atoms with E-state index in [2.05, 4.69) is 67.6 Å². The highest BCUT2D eigenvalue weighted by molar-refractivity contribution is 5.79. The Kier molecular flexibility index (Phi) is 11.1. The van der Waals surface area contributed by atoms with Gasteiger partial charge in [0.2, 0.25) is 0 Å². The molecule has 0 radical (unpaired) electrons. The van der Waals surface area contributed by atoms with Gasteiger partial charge in [-0.2, -0.15) is 0 Å². The Bertz CT molecular complexity index is 600. The van der Waals surface area contributed by atoms with E-state index in [1.807, 2.05) is 0 Å². The predicted molar refractivity (Wildman–Crippen MR) is 120 cm³/mol. The van der Waals surface area contributed by atoms with Crippen LogP contribution in [0.15, 0.2) is 29.3 Å². The van der Waals surface area contributed by atoms with Crippen LogP contribution in [0.3, 0.4) is 0 Å². The van der Waals surface area contributed by atoms with Crippen molar-refractivity contribution in [1.29, 1.82) is 0 Å². The molecule has 1 unspecified atom stereocenters. The number of hydrogen-bond acceptors (Lipinski definition) is 4. The lowest BCUT2D eigenvalue weighted by Crippen LogP contribution is -2.38. The van der Waals surface area contributed by atoms with Gasteiger partial charge in [0.05, 0.1) is 19.8 Å². The van der Waals surface area contributed by atoms with E-state index >= 15 is 0 Å². The molecule has 0 aliphatic carbocycles. The Morgan fingerprint density at radius 3 is 2.76 bits per heavy atom. The van der Waals surface area contributed by atoms with Crippen LogP contribution in [0.5, 0.6) is 0 Å². The van der Waals surface area contributed by atoms with Gasteiger partial charge in [0, 0.05) is 44.8 Å². The van der Waals surface area contributed by atoms with E-state index in [0.717, 1.165) is 64.9 Å². The first-order valence-corrected chi connectivity index (χ1v) is 11.0. The minimum absolute atomic E-state index is 0.522. The molecule has 0 amide bonds. The largest absolute Gasteiger partial charge is 0.381 e. The van der Waals surface area contributed by atoms with Gasteiger partial charge in [-0.1, -0.05) is 24.3 Å². The summed E-state index contributed by atoms with van der Waals surface area (Å²) >= 11 is 0. The smallest absolute Gasteiger partial charge is 0.191 e. The van der Waals surface area contributed by atoms with Crippen LogP contribution in [0, 0.1) is 5.92 Å². The average Bonchev–Trinajstić information content (AvgIpc) is 3.23. The fraction of sp³-hybridized carbons (Fsp3) is 0.696. The van der Waals surface area contributed by atoms with Gasteiger partial charge in [-0.25, -0.2) is 4.99 Å². The summed E-state index contributed by atoms with van der Waals surface area (Å²) in [6.45, 7) is 13.2. The highest BCUT2D eigenvalue weighted by atomic mass is 16.5. The van der Waals surface area contributed by atoms with Crippen LogP contribution < -0.4 is 10.6 Å². The van der Waals surface area contributed by atoms with Crippen LogP contribution in [-0.4, -0.2) is 63.5 Å². The first-order chi connectivity index (χ1) is 14.1. The van der Waals surface area contributed by atoms with Crippen molar-refractivity contribution in [1.82, 2.24) is 15.5 Å². The zero-order valence-corrected chi connectivity index (χ0v) is 18.7. The number of aliphatic imine (C=N–C) groups is 1. The summed E-state index contributed by atoms with van der Waals surface area (Å²) in [4.78, 5) is 7.15. The molecule has 1 aliphatic rings. The monoisotopic (exact) mass is 404 g/mol. The lowest BCUT2D eigenvalue weighted by Gasteiger charge is -2.22. The molecule has 6 heteroatoms. The Balaban J connectivity index is 1.77. The molecule has 1 saturated heterocycles. The van der Waals surface area contributed by atoms with Crippen LogP contribution in [0.1, 0.15) is 44.7 Å². The van der Waals surface area contributed by atoms with Gasteiger partial charge in [0.15, 0.2) is 5.96 Å². The number of nitrogens with zero attached hydrogens (tertiary/aromatic N) is 2. The minimum atomic E-state index is 0.522. The van der Waals surface area contributed by atoms with Crippen LogP contribution in [-0.2, 0) is 22.6 Å². The van der Waals surface area contributed by atoms with Crippen LogP contribution in [0.2, 0.25) is 0 Å². The lowest BCUT2D eigenvalue weighted by atomic mass is 10.1. The van der Waals surface area contributed by atoms with Gasteiger partial charge < -0.3 is 20.1 Å². The molecular formula is C23H40N4O2. The molecule has 1 aromatic rings. The Hall–Kier alpha value is -1.63. The molecule has 2 N–H and O–H groups in total. The molecule has 6 nitrogen and oxygen atoms in total. The van der Waals surface area contributed by atoms with Crippen molar-refractivity contribution < 1.29 is 9.47 Å². The van der Waals surface area contributed by atoms with Gasteiger partial charge in [0.25, 0.3) is 0 Å². The summed E-state index contributed by atoms with van der Waals surface area (Å²) < 4.78 is 11.2. The molecule has 29 heavy (non-hydrogen) atoms. The summed E-state index contributed by atoms with van der Waals surface area (Å²) in [6.07, 6.45) is 2.09. The maximum Gasteiger partial charge on any atom is 0.191 e. The van der Waals surface area contributed by atoms with E-state index in [1.165, 1.54) is 11.1 Å². The fourth-order valence-corrected chi connectivity index (χ4v) is 3.17. The van der Waals surface area contributed by atoms with E-state index in [-0.39, 0.29) is 0 Å². The first-order valence-electron chi connectivity index (χ1n) is 11.0. The summed E-state index contributed by atoms with van der Waals surface area (Å²) in [7, 11) is 2.16. The molecule has 0 spiro atoms. The molecule has 1 aliphatic heterocycles. The molecule has 1 heterocycles. The third kappa shape index (κ3) is 9.15. The highest BCUT2D eigenvalue weighted by Gasteiger charge is 2.15. The fourth-order valence-electron chi connectivity index (χ4n) is 3.17. The van der Waals surface area contributed by atoms with E-state index in [1.54, 1.807) is 0 Å². The van der Waals surface area contributed by atoms with Crippen molar-refractivity contribution in [2.24, 2.45) is 10.9 Å². The highest BCUT2D eigenvalue weighted by Crippen LogP contribution is 2.14. The quantitative estimate of drug-likeness (QED) is 0.319. The van der Waals surface area contributed by atoms with Crippen molar-refractivity contribution in [3.8, 4) is 0 Å². The van der Waals surface area contributed by atoms with E-state index in [4.69, 9.17) is 14.5 Å². The Morgan fingerprint density at radius 2 is 2.07 bits per heavy atom. The first kappa shape index (κ1) is 23.6. The lowest BCUT2D eigenvalue weighted by molar-refractivity contribution is 0.0888. The number of benzene rings is 1. The van der Waals surface area contributed by atoms with Crippen molar-refractivity contribution in [2.75, 3.05) is 46.6 Å². The third-order valence-electron chi connectivity index (χ3n) is 5.31. The molecule has 2 rings (SSSR count). The maximum atomic E-state index is 5.78. The van der Waals surface area contributed by atoms with Crippen molar-refractivity contribution in [2.45, 2.75) is 52.7 Å². The molecule has 0 aromatic heterocycles. The van der Waals surface area contributed by atoms with Crippen molar-refractivity contribution >= 4 is 5.96 Å². The molecule has 0 saturated carbocycles. The number of hydrogen-bond donors (Lipinski definition) is 2. The van der Waals surface area contributed by atoms with Gasteiger partial charge in [-0.05, 0) is 51.8 Å². The van der Waals surface area contributed by atoms with Gasteiger partial charge in [-0.3, -0.25) is 4.90 Å². The van der Waals surface area contributed by atoms with Crippen LogP contribution in [0.25, 0.3) is 0 Å².